The Morgan fingerprint density at radius 3 is 2.78 bits per heavy atom. The van der Waals surface area contributed by atoms with Crippen LogP contribution in [0.3, 0.4) is 0 Å². The van der Waals surface area contributed by atoms with E-state index in [1.807, 2.05) is 0 Å². The summed E-state index contributed by atoms with van der Waals surface area (Å²) in [6.45, 7) is 0.323. The zero-order valence-electron chi connectivity index (χ0n) is 14.4. The third kappa shape index (κ3) is 4.02. The Labute approximate surface area is 159 Å². The highest BCUT2D eigenvalue weighted by Crippen LogP contribution is 2.42. The molecule has 1 aliphatic heterocycles. The Morgan fingerprint density at radius 2 is 2.11 bits per heavy atom. The second-order valence-electron chi connectivity index (χ2n) is 6.63. The van der Waals surface area contributed by atoms with Crippen molar-refractivity contribution in [1.29, 1.82) is 0 Å². The van der Waals surface area contributed by atoms with Crippen LogP contribution in [0.5, 0.6) is 0 Å². The van der Waals surface area contributed by atoms with Gasteiger partial charge in [0.15, 0.2) is 6.61 Å². The van der Waals surface area contributed by atoms with Crippen molar-refractivity contribution >= 4 is 41.1 Å². The maximum atomic E-state index is 13.6. The molecule has 1 aliphatic carbocycles. The van der Waals surface area contributed by atoms with E-state index in [9.17, 15) is 23.6 Å². The molecule has 0 bridgehead atoms. The molecule has 1 saturated heterocycles. The van der Waals surface area contributed by atoms with E-state index in [0.29, 0.717) is 0 Å². The van der Waals surface area contributed by atoms with Crippen LogP contribution in [-0.2, 0) is 19.1 Å². The van der Waals surface area contributed by atoms with Crippen molar-refractivity contribution in [2.45, 2.75) is 25.3 Å². The minimum absolute atomic E-state index is 0.0633. The Balaban J connectivity index is 1.51. The summed E-state index contributed by atoms with van der Waals surface area (Å²) < 4.78 is 18.3. The molecule has 10 heteroatoms. The SMILES string of the molecule is C[C@@]1(C2CC2)NC(=O)N(CC(=O)OCC(=O)Nc2cc(Cl)ccc2F)C1=O. The number of benzene rings is 1. The summed E-state index contributed by atoms with van der Waals surface area (Å²) in [7, 11) is 0. The van der Waals surface area contributed by atoms with E-state index in [2.05, 4.69) is 10.6 Å². The number of urea groups is 1. The van der Waals surface area contributed by atoms with Crippen LogP contribution in [0.15, 0.2) is 18.2 Å². The lowest BCUT2D eigenvalue weighted by Crippen LogP contribution is -2.46. The van der Waals surface area contributed by atoms with Gasteiger partial charge in [0, 0.05) is 5.02 Å². The van der Waals surface area contributed by atoms with Crippen molar-refractivity contribution in [3.8, 4) is 0 Å². The molecule has 1 atom stereocenters. The standard InChI is InChI=1S/C17H17ClFN3O5/c1-17(9-2-3-9)15(25)22(16(26)21-17)7-14(24)27-8-13(23)20-12-6-10(18)4-5-11(12)19/h4-6,9H,2-3,7-8H2,1H3,(H,20,23)(H,21,26)/t17-/m0/s1. The maximum absolute atomic E-state index is 13.6. The minimum atomic E-state index is -1.00. The van der Waals surface area contributed by atoms with Gasteiger partial charge < -0.3 is 15.4 Å². The van der Waals surface area contributed by atoms with Gasteiger partial charge >= 0.3 is 12.0 Å². The van der Waals surface area contributed by atoms with Gasteiger partial charge in [-0.2, -0.15) is 0 Å². The number of carbonyl (C=O) groups is 4. The average Bonchev–Trinajstić information content (AvgIpc) is 3.43. The molecule has 0 spiro atoms. The smallest absolute Gasteiger partial charge is 0.326 e. The van der Waals surface area contributed by atoms with Crippen molar-refractivity contribution in [2.24, 2.45) is 5.92 Å². The summed E-state index contributed by atoms with van der Waals surface area (Å²) in [5.74, 6) is -2.84. The molecule has 3 rings (SSSR count). The Bertz CT molecular complexity index is 829. The number of amides is 4. The lowest BCUT2D eigenvalue weighted by Gasteiger charge is -2.20. The van der Waals surface area contributed by atoms with Crippen LogP contribution in [0.1, 0.15) is 19.8 Å². The molecule has 144 valence electrons. The van der Waals surface area contributed by atoms with E-state index >= 15 is 0 Å². The quantitative estimate of drug-likeness (QED) is 0.561. The number of hydrogen-bond acceptors (Lipinski definition) is 5. The molecule has 2 fully saturated rings. The monoisotopic (exact) mass is 397 g/mol. The minimum Gasteiger partial charge on any atom is -0.454 e. The number of anilines is 1. The van der Waals surface area contributed by atoms with E-state index < -0.39 is 48.3 Å². The number of nitrogens with zero attached hydrogens (tertiary/aromatic N) is 1. The second kappa shape index (κ2) is 7.15. The summed E-state index contributed by atoms with van der Waals surface area (Å²) in [6, 6.07) is 2.94. The van der Waals surface area contributed by atoms with E-state index in [0.717, 1.165) is 23.8 Å². The first-order chi connectivity index (χ1) is 12.7. The van der Waals surface area contributed by atoms with E-state index in [1.54, 1.807) is 6.92 Å². The average molecular weight is 398 g/mol. The molecule has 1 heterocycles. The first-order valence-electron chi connectivity index (χ1n) is 8.25. The number of esters is 1. The van der Waals surface area contributed by atoms with Crippen LogP contribution in [0.4, 0.5) is 14.9 Å². The van der Waals surface area contributed by atoms with Crippen molar-refractivity contribution < 1.29 is 28.3 Å². The molecule has 0 aromatic heterocycles. The Hall–Kier alpha value is -2.68. The highest BCUT2D eigenvalue weighted by molar-refractivity contribution is 6.30. The molecule has 2 N–H and O–H groups in total. The number of rotatable bonds is 6. The number of hydrogen-bond donors (Lipinski definition) is 2. The summed E-state index contributed by atoms with van der Waals surface area (Å²) in [5, 5.41) is 5.04. The van der Waals surface area contributed by atoms with Gasteiger partial charge in [-0.3, -0.25) is 19.3 Å². The normalized spacial score (nSPS) is 21.8. The molecular weight excluding hydrogens is 381 g/mol. The fourth-order valence-electron chi connectivity index (χ4n) is 2.90. The van der Waals surface area contributed by atoms with Crippen molar-refractivity contribution in [1.82, 2.24) is 10.2 Å². The van der Waals surface area contributed by atoms with E-state index in [-0.39, 0.29) is 16.6 Å². The zero-order valence-corrected chi connectivity index (χ0v) is 15.1. The first-order valence-corrected chi connectivity index (χ1v) is 8.63. The summed E-state index contributed by atoms with van der Waals surface area (Å²) in [5.41, 5.74) is -1.16. The van der Waals surface area contributed by atoms with Crippen LogP contribution >= 0.6 is 11.6 Å². The number of nitrogens with one attached hydrogen (secondary N) is 2. The van der Waals surface area contributed by atoms with E-state index in [1.165, 1.54) is 12.1 Å². The summed E-state index contributed by atoms with van der Waals surface area (Å²) in [4.78, 5) is 48.8. The van der Waals surface area contributed by atoms with Crippen LogP contribution in [0, 0.1) is 11.7 Å². The molecule has 1 aromatic rings. The predicted octanol–water partition coefficient (Wildman–Crippen LogP) is 1.68. The van der Waals surface area contributed by atoms with Gasteiger partial charge in [0.2, 0.25) is 0 Å². The number of halogens is 2. The molecule has 0 unspecified atom stereocenters. The molecular formula is C17H17ClFN3O5. The highest BCUT2D eigenvalue weighted by Gasteiger charge is 2.56. The molecule has 1 aromatic carbocycles. The van der Waals surface area contributed by atoms with Crippen molar-refractivity contribution in [3.05, 3.63) is 29.0 Å². The summed E-state index contributed by atoms with van der Waals surface area (Å²) >= 11 is 5.72. The van der Waals surface area contributed by atoms with Gasteiger partial charge in [-0.1, -0.05) is 11.6 Å². The van der Waals surface area contributed by atoms with Gasteiger partial charge in [-0.05, 0) is 43.9 Å². The number of carbonyl (C=O) groups excluding carboxylic acids is 4. The Morgan fingerprint density at radius 1 is 1.41 bits per heavy atom. The largest absolute Gasteiger partial charge is 0.454 e. The number of ether oxygens (including phenoxy) is 1. The highest BCUT2D eigenvalue weighted by atomic mass is 35.5. The first kappa shape index (κ1) is 19.1. The Kier molecular flexibility index (Phi) is 5.05. The predicted molar refractivity (Wildman–Crippen MR) is 92.4 cm³/mol. The fourth-order valence-corrected chi connectivity index (χ4v) is 3.07. The van der Waals surface area contributed by atoms with Crippen LogP contribution in [0.25, 0.3) is 0 Å². The van der Waals surface area contributed by atoms with Crippen molar-refractivity contribution in [2.75, 3.05) is 18.5 Å². The maximum Gasteiger partial charge on any atom is 0.326 e. The second-order valence-corrected chi connectivity index (χ2v) is 7.07. The van der Waals surface area contributed by atoms with Crippen LogP contribution < -0.4 is 10.6 Å². The van der Waals surface area contributed by atoms with Gasteiger partial charge in [0.1, 0.15) is 17.9 Å². The van der Waals surface area contributed by atoms with E-state index in [4.69, 9.17) is 16.3 Å². The third-order valence-corrected chi connectivity index (χ3v) is 4.78. The van der Waals surface area contributed by atoms with Crippen LogP contribution in [-0.4, -0.2) is 47.4 Å². The topological polar surface area (TPSA) is 105 Å². The third-order valence-electron chi connectivity index (χ3n) is 4.55. The molecule has 1 saturated carbocycles. The van der Waals surface area contributed by atoms with Crippen molar-refractivity contribution in [3.63, 3.8) is 0 Å². The lowest BCUT2D eigenvalue weighted by molar-refractivity contribution is -0.150. The summed E-state index contributed by atoms with van der Waals surface area (Å²) in [6.07, 6.45) is 1.67. The molecule has 2 aliphatic rings. The fraction of sp³-hybridized carbons (Fsp3) is 0.412. The number of imide groups is 1. The van der Waals surface area contributed by atoms with Gasteiger partial charge in [-0.15, -0.1) is 0 Å². The van der Waals surface area contributed by atoms with Gasteiger partial charge in [0.25, 0.3) is 11.8 Å². The molecule has 4 amide bonds. The molecule has 8 nitrogen and oxygen atoms in total. The van der Waals surface area contributed by atoms with Crippen LogP contribution in [0.2, 0.25) is 5.02 Å². The van der Waals surface area contributed by atoms with Gasteiger partial charge in [0.05, 0.1) is 5.69 Å². The molecule has 27 heavy (non-hydrogen) atoms. The zero-order chi connectivity index (χ0) is 19.8. The molecule has 0 radical (unpaired) electrons. The lowest BCUT2D eigenvalue weighted by atomic mass is 9.96. The van der Waals surface area contributed by atoms with Gasteiger partial charge in [-0.25, -0.2) is 9.18 Å².